The molecule has 96 valence electrons. The van der Waals surface area contributed by atoms with E-state index in [4.69, 9.17) is 5.26 Å². The first-order valence-electron chi connectivity index (χ1n) is 4.83. The lowest BCUT2D eigenvalue weighted by Crippen LogP contribution is -2.14. The number of rotatable bonds is 2. The summed E-state index contributed by atoms with van der Waals surface area (Å²) in [6.07, 6.45) is -4.76. The van der Waals surface area contributed by atoms with Crippen molar-refractivity contribution in [3.05, 3.63) is 28.8 Å². The summed E-state index contributed by atoms with van der Waals surface area (Å²) in [5.74, 6) is -0.905. The van der Waals surface area contributed by atoms with Crippen LogP contribution >= 0.6 is 12.6 Å². The molecule has 0 aromatic heterocycles. The summed E-state index contributed by atoms with van der Waals surface area (Å²) in [5, 5.41) is 8.64. The third kappa shape index (κ3) is 2.76. The molecule has 0 aliphatic carbocycles. The van der Waals surface area contributed by atoms with Gasteiger partial charge in [0.15, 0.2) is 0 Å². The van der Waals surface area contributed by atoms with E-state index in [0.29, 0.717) is 0 Å². The molecule has 0 amide bonds. The molecule has 0 fully saturated rings. The highest BCUT2D eigenvalue weighted by molar-refractivity contribution is 7.80. The maximum atomic E-state index is 12.8. The molecule has 3 nitrogen and oxygen atoms in total. The minimum absolute atomic E-state index is 0.0351. The first-order valence-corrected chi connectivity index (χ1v) is 5.28. The van der Waals surface area contributed by atoms with Gasteiger partial charge in [-0.3, -0.25) is 0 Å². The number of benzene rings is 1. The predicted octanol–water partition coefficient (Wildman–Crippen LogP) is 3.04. The highest BCUT2D eigenvalue weighted by Crippen LogP contribution is 2.37. The van der Waals surface area contributed by atoms with Crippen molar-refractivity contribution in [1.82, 2.24) is 0 Å². The Hall–Kier alpha value is -1.68. The van der Waals surface area contributed by atoms with E-state index in [9.17, 15) is 18.0 Å². The Kier molecular flexibility index (Phi) is 4.24. The molecule has 0 saturated carbocycles. The van der Waals surface area contributed by atoms with Crippen LogP contribution in [0.2, 0.25) is 0 Å². The number of nitrogens with zero attached hydrogens (tertiary/aromatic N) is 1. The lowest BCUT2D eigenvalue weighted by Gasteiger charge is -2.14. The van der Waals surface area contributed by atoms with E-state index in [0.717, 1.165) is 12.1 Å². The van der Waals surface area contributed by atoms with Crippen molar-refractivity contribution >= 4 is 18.6 Å². The fourth-order valence-electron chi connectivity index (χ4n) is 1.34. The van der Waals surface area contributed by atoms with Gasteiger partial charge in [0.05, 0.1) is 29.4 Å². The molecule has 0 heterocycles. The molecule has 0 radical (unpaired) electrons. The number of nitriles is 1. The smallest absolute Gasteiger partial charge is 0.418 e. The Labute approximate surface area is 107 Å². The van der Waals surface area contributed by atoms with Crippen LogP contribution in [0.25, 0.3) is 0 Å². The van der Waals surface area contributed by atoms with Crippen molar-refractivity contribution < 1.29 is 22.7 Å². The van der Waals surface area contributed by atoms with Crippen molar-refractivity contribution in [2.75, 3.05) is 6.61 Å². The zero-order chi connectivity index (χ0) is 13.9. The molecule has 0 bridgehead atoms. The number of halogens is 3. The molecule has 0 aliphatic rings. The lowest BCUT2D eigenvalue weighted by atomic mass is 10.0. The lowest BCUT2D eigenvalue weighted by molar-refractivity contribution is -0.139. The Morgan fingerprint density at radius 3 is 2.56 bits per heavy atom. The van der Waals surface area contributed by atoms with E-state index in [-0.39, 0.29) is 12.2 Å². The molecule has 1 aromatic rings. The number of carbonyl (C=O) groups excluding carboxylic acids is 1. The molecule has 0 unspecified atom stereocenters. The summed E-state index contributed by atoms with van der Waals surface area (Å²) in [6, 6.07) is 3.44. The summed E-state index contributed by atoms with van der Waals surface area (Å²) in [7, 11) is 0. The average molecular weight is 275 g/mol. The number of ether oxygens (including phenoxy) is 1. The van der Waals surface area contributed by atoms with Crippen LogP contribution in [-0.4, -0.2) is 12.6 Å². The third-order valence-electron chi connectivity index (χ3n) is 2.08. The van der Waals surface area contributed by atoms with Gasteiger partial charge in [0.1, 0.15) is 0 Å². The van der Waals surface area contributed by atoms with Gasteiger partial charge in [-0.15, -0.1) is 12.6 Å². The molecular weight excluding hydrogens is 267 g/mol. The maximum absolute atomic E-state index is 12.8. The van der Waals surface area contributed by atoms with Crippen molar-refractivity contribution in [3.63, 3.8) is 0 Å². The van der Waals surface area contributed by atoms with Crippen LogP contribution in [0.15, 0.2) is 17.0 Å². The van der Waals surface area contributed by atoms with Gasteiger partial charge in [0, 0.05) is 4.90 Å². The SMILES string of the molecule is CCOC(=O)c1ccc(C#N)c(C(F)(F)F)c1S. The van der Waals surface area contributed by atoms with Gasteiger partial charge in [0.25, 0.3) is 0 Å². The Morgan fingerprint density at radius 2 is 2.11 bits per heavy atom. The summed E-state index contributed by atoms with van der Waals surface area (Å²) in [6.45, 7) is 1.57. The highest BCUT2D eigenvalue weighted by atomic mass is 32.1. The van der Waals surface area contributed by atoms with E-state index in [1.54, 1.807) is 0 Å². The molecule has 18 heavy (non-hydrogen) atoms. The number of alkyl halides is 3. The fourth-order valence-corrected chi connectivity index (χ4v) is 1.76. The molecule has 0 saturated heterocycles. The Morgan fingerprint density at radius 1 is 1.50 bits per heavy atom. The zero-order valence-electron chi connectivity index (χ0n) is 9.21. The minimum atomic E-state index is -4.76. The number of carbonyl (C=O) groups is 1. The molecule has 0 spiro atoms. The number of thiol groups is 1. The molecular formula is C11H8F3NO2S. The van der Waals surface area contributed by atoms with Crippen LogP contribution in [0, 0.1) is 11.3 Å². The van der Waals surface area contributed by atoms with Crippen LogP contribution in [-0.2, 0) is 10.9 Å². The Bertz CT molecular complexity index is 520. The van der Waals surface area contributed by atoms with Crippen molar-refractivity contribution in [3.8, 4) is 6.07 Å². The van der Waals surface area contributed by atoms with E-state index >= 15 is 0 Å². The van der Waals surface area contributed by atoms with Gasteiger partial charge in [-0.05, 0) is 19.1 Å². The van der Waals surface area contributed by atoms with E-state index < -0.39 is 28.2 Å². The molecule has 0 aliphatic heterocycles. The van der Waals surface area contributed by atoms with Crippen molar-refractivity contribution in [2.45, 2.75) is 18.0 Å². The quantitative estimate of drug-likeness (QED) is 0.666. The van der Waals surface area contributed by atoms with Crippen LogP contribution in [0.5, 0.6) is 0 Å². The molecule has 0 N–H and O–H groups in total. The van der Waals surface area contributed by atoms with E-state index in [2.05, 4.69) is 17.4 Å². The minimum Gasteiger partial charge on any atom is -0.462 e. The highest BCUT2D eigenvalue weighted by Gasteiger charge is 2.37. The van der Waals surface area contributed by atoms with Crippen molar-refractivity contribution in [1.29, 1.82) is 5.26 Å². The van der Waals surface area contributed by atoms with Crippen LogP contribution in [0.3, 0.4) is 0 Å². The first kappa shape index (κ1) is 14.4. The zero-order valence-corrected chi connectivity index (χ0v) is 10.1. The summed E-state index contributed by atoms with van der Waals surface area (Å²) >= 11 is 3.69. The largest absolute Gasteiger partial charge is 0.462 e. The van der Waals surface area contributed by atoms with Crippen molar-refractivity contribution in [2.24, 2.45) is 0 Å². The molecule has 1 rings (SSSR count). The van der Waals surface area contributed by atoms with E-state index in [1.807, 2.05) is 0 Å². The number of esters is 1. The average Bonchev–Trinajstić information content (AvgIpc) is 2.26. The predicted molar refractivity (Wildman–Crippen MR) is 59.4 cm³/mol. The van der Waals surface area contributed by atoms with Crippen LogP contribution in [0.1, 0.15) is 28.4 Å². The van der Waals surface area contributed by atoms with E-state index in [1.165, 1.54) is 13.0 Å². The van der Waals surface area contributed by atoms with Gasteiger partial charge < -0.3 is 4.74 Å². The summed E-state index contributed by atoms with van der Waals surface area (Å²) in [5.41, 5.74) is -2.12. The third-order valence-corrected chi connectivity index (χ3v) is 2.54. The van der Waals surface area contributed by atoms with Gasteiger partial charge in [0.2, 0.25) is 0 Å². The van der Waals surface area contributed by atoms with Gasteiger partial charge in [-0.2, -0.15) is 18.4 Å². The standard InChI is InChI=1S/C11H8F3NO2S/c1-2-17-10(16)7-4-3-6(5-15)8(9(7)18)11(12,13)14/h3-4,18H,2H2,1H3. The van der Waals surface area contributed by atoms with Gasteiger partial charge in [-0.1, -0.05) is 0 Å². The second-order valence-electron chi connectivity index (χ2n) is 3.21. The second kappa shape index (κ2) is 5.31. The van der Waals surface area contributed by atoms with Gasteiger partial charge >= 0.3 is 12.1 Å². The number of hydrogen-bond donors (Lipinski definition) is 1. The molecule has 0 atom stereocenters. The monoisotopic (exact) mass is 275 g/mol. The molecule has 7 heteroatoms. The topological polar surface area (TPSA) is 50.1 Å². The normalized spacial score (nSPS) is 10.9. The fraction of sp³-hybridized carbons (Fsp3) is 0.273. The van der Waals surface area contributed by atoms with Gasteiger partial charge in [-0.25, -0.2) is 4.79 Å². The number of hydrogen-bond acceptors (Lipinski definition) is 4. The Balaban J connectivity index is 3.45. The molecule has 1 aromatic carbocycles. The van der Waals surface area contributed by atoms with Crippen LogP contribution in [0.4, 0.5) is 13.2 Å². The van der Waals surface area contributed by atoms with Crippen LogP contribution < -0.4 is 0 Å². The second-order valence-corrected chi connectivity index (χ2v) is 3.66. The summed E-state index contributed by atoms with van der Waals surface area (Å²) in [4.78, 5) is 10.8. The maximum Gasteiger partial charge on any atom is 0.418 e. The summed E-state index contributed by atoms with van der Waals surface area (Å²) < 4.78 is 42.9. The first-order chi connectivity index (χ1) is 8.32.